The van der Waals surface area contributed by atoms with Gasteiger partial charge in [0.2, 0.25) is 10.0 Å². The van der Waals surface area contributed by atoms with Crippen molar-refractivity contribution in [1.82, 2.24) is 4.72 Å². The number of sulfonamides is 1. The third-order valence-electron chi connectivity index (χ3n) is 4.55. The Morgan fingerprint density at radius 3 is 2.52 bits per heavy atom. The highest BCUT2D eigenvalue weighted by atomic mass is 32.2. The predicted octanol–water partition coefficient (Wildman–Crippen LogP) is 1.71. The maximum Gasteiger partial charge on any atom is 0.337 e. The summed E-state index contributed by atoms with van der Waals surface area (Å²) in [6, 6.07) is 5.73. The highest BCUT2D eigenvalue weighted by molar-refractivity contribution is 7.89. The van der Waals surface area contributed by atoms with E-state index < -0.39 is 21.5 Å². The highest BCUT2D eigenvalue weighted by Gasteiger charge is 2.50. The van der Waals surface area contributed by atoms with E-state index in [0.717, 1.165) is 12.8 Å². The van der Waals surface area contributed by atoms with Gasteiger partial charge in [0, 0.05) is 6.61 Å². The fourth-order valence-corrected chi connectivity index (χ4v) is 4.59. The number of carbonyl (C=O) groups excluding carboxylic acids is 1. The summed E-state index contributed by atoms with van der Waals surface area (Å²) >= 11 is 0. The van der Waals surface area contributed by atoms with Gasteiger partial charge in [-0.1, -0.05) is 0 Å². The van der Waals surface area contributed by atoms with Gasteiger partial charge in [0.1, 0.15) is 0 Å². The van der Waals surface area contributed by atoms with Crippen molar-refractivity contribution < 1.29 is 22.7 Å². The molecular weight excluding hydrogens is 318 g/mol. The summed E-state index contributed by atoms with van der Waals surface area (Å²) in [5.74, 6) is -0.0428. The summed E-state index contributed by atoms with van der Waals surface area (Å²) < 4.78 is 38.5. The van der Waals surface area contributed by atoms with Crippen molar-refractivity contribution in [2.75, 3.05) is 13.7 Å². The van der Waals surface area contributed by atoms with Crippen LogP contribution in [0.3, 0.4) is 0 Å². The standard InChI is InChI=1S/C16H21NO5S/c1-16(9-10-22-14(16)11-3-4-11)17-23(19,20)13-7-5-12(6-8-13)15(18)21-2/h5-8,11,14,17H,3-4,9-10H2,1-2H3. The summed E-state index contributed by atoms with van der Waals surface area (Å²) in [7, 11) is -2.39. The summed E-state index contributed by atoms with van der Waals surface area (Å²) in [6.07, 6.45) is 2.78. The zero-order chi connectivity index (χ0) is 16.7. The van der Waals surface area contributed by atoms with Gasteiger partial charge in [-0.05, 0) is 56.4 Å². The maximum absolute atomic E-state index is 12.6. The van der Waals surface area contributed by atoms with Crippen LogP contribution in [0.1, 0.15) is 36.5 Å². The maximum atomic E-state index is 12.6. The van der Waals surface area contributed by atoms with Crippen molar-refractivity contribution in [1.29, 1.82) is 0 Å². The third kappa shape index (κ3) is 3.27. The lowest BCUT2D eigenvalue weighted by molar-refractivity contribution is 0.0600. The van der Waals surface area contributed by atoms with Crippen LogP contribution in [0.15, 0.2) is 29.2 Å². The Bertz CT molecular complexity index is 696. The molecule has 126 valence electrons. The second-order valence-corrected chi connectivity index (χ2v) is 8.10. The fraction of sp³-hybridized carbons (Fsp3) is 0.562. The SMILES string of the molecule is COC(=O)c1ccc(S(=O)(=O)NC2(C)CCOC2C2CC2)cc1. The minimum Gasteiger partial charge on any atom is -0.465 e. The quantitative estimate of drug-likeness (QED) is 0.826. The number of hydrogen-bond donors (Lipinski definition) is 1. The molecule has 1 N–H and O–H groups in total. The summed E-state index contributed by atoms with van der Waals surface area (Å²) in [5.41, 5.74) is -0.265. The van der Waals surface area contributed by atoms with Gasteiger partial charge in [0.25, 0.3) is 0 Å². The average Bonchev–Trinajstić information content (AvgIpc) is 3.29. The van der Waals surface area contributed by atoms with E-state index in [1.807, 2.05) is 6.92 Å². The van der Waals surface area contributed by atoms with Gasteiger partial charge in [0.15, 0.2) is 0 Å². The predicted molar refractivity (Wildman–Crippen MR) is 83.6 cm³/mol. The Morgan fingerprint density at radius 1 is 1.30 bits per heavy atom. The monoisotopic (exact) mass is 339 g/mol. The van der Waals surface area contributed by atoms with E-state index >= 15 is 0 Å². The van der Waals surface area contributed by atoms with Crippen LogP contribution in [0, 0.1) is 5.92 Å². The van der Waals surface area contributed by atoms with Gasteiger partial charge in [0.05, 0.1) is 29.2 Å². The van der Waals surface area contributed by atoms with E-state index in [-0.39, 0.29) is 11.0 Å². The molecule has 23 heavy (non-hydrogen) atoms. The van der Waals surface area contributed by atoms with Gasteiger partial charge in [-0.3, -0.25) is 0 Å². The normalized spacial score (nSPS) is 27.8. The van der Waals surface area contributed by atoms with Crippen molar-refractivity contribution in [3.05, 3.63) is 29.8 Å². The Kier molecular flexibility index (Phi) is 4.20. The number of hydrogen-bond acceptors (Lipinski definition) is 5. The van der Waals surface area contributed by atoms with Crippen LogP contribution in [0.25, 0.3) is 0 Å². The summed E-state index contributed by atoms with van der Waals surface area (Å²) in [6.45, 7) is 2.48. The number of methoxy groups -OCH3 is 1. The van der Waals surface area contributed by atoms with Crippen LogP contribution in [0.2, 0.25) is 0 Å². The van der Waals surface area contributed by atoms with E-state index in [1.54, 1.807) is 0 Å². The van der Waals surface area contributed by atoms with E-state index in [4.69, 9.17) is 4.74 Å². The molecule has 2 fully saturated rings. The molecule has 1 aliphatic carbocycles. The molecule has 0 aromatic heterocycles. The van der Waals surface area contributed by atoms with Gasteiger partial charge < -0.3 is 9.47 Å². The van der Waals surface area contributed by atoms with Crippen molar-refractivity contribution in [2.24, 2.45) is 5.92 Å². The van der Waals surface area contributed by atoms with E-state index in [2.05, 4.69) is 9.46 Å². The molecule has 3 rings (SSSR count). The zero-order valence-corrected chi connectivity index (χ0v) is 14.1. The van der Waals surface area contributed by atoms with E-state index in [9.17, 15) is 13.2 Å². The molecule has 0 radical (unpaired) electrons. The molecule has 1 saturated heterocycles. The van der Waals surface area contributed by atoms with Gasteiger partial charge in [-0.25, -0.2) is 17.9 Å². The Labute approximate surface area is 136 Å². The first-order chi connectivity index (χ1) is 10.9. The first-order valence-electron chi connectivity index (χ1n) is 7.70. The van der Waals surface area contributed by atoms with Crippen LogP contribution in [0.4, 0.5) is 0 Å². The smallest absolute Gasteiger partial charge is 0.337 e. The largest absolute Gasteiger partial charge is 0.465 e. The van der Waals surface area contributed by atoms with E-state index in [1.165, 1.54) is 31.4 Å². The van der Waals surface area contributed by atoms with Gasteiger partial charge in [-0.15, -0.1) is 0 Å². The minimum atomic E-state index is -3.67. The highest BCUT2D eigenvalue weighted by Crippen LogP contribution is 2.43. The third-order valence-corrected chi connectivity index (χ3v) is 6.18. The molecule has 1 aromatic carbocycles. The second-order valence-electron chi connectivity index (χ2n) is 6.42. The molecule has 1 aliphatic heterocycles. The summed E-state index contributed by atoms with van der Waals surface area (Å²) in [5, 5.41) is 0. The lowest BCUT2D eigenvalue weighted by Crippen LogP contribution is -2.52. The molecule has 1 heterocycles. The topological polar surface area (TPSA) is 81.7 Å². The molecule has 6 nitrogen and oxygen atoms in total. The van der Waals surface area contributed by atoms with E-state index in [0.29, 0.717) is 24.5 Å². The first-order valence-corrected chi connectivity index (χ1v) is 9.18. The average molecular weight is 339 g/mol. The number of nitrogens with one attached hydrogen (secondary N) is 1. The van der Waals surface area contributed by atoms with Crippen molar-refractivity contribution in [3.8, 4) is 0 Å². The number of rotatable bonds is 5. The van der Waals surface area contributed by atoms with Crippen LogP contribution in [-0.4, -0.2) is 39.7 Å². The lowest BCUT2D eigenvalue weighted by atomic mass is 9.92. The van der Waals surface area contributed by atoms with Gasteiger partial charge in [-0.2, -0.15) is 0 Å². The van der Waals surface area contributed by atoms with Crippen molar-refractivity contribution >= 4 is 16.0 Å². The fourth-order valence-electron chi connectivity index (χ4n) is 3.14. The molecule has 0 bridgehead atoms. The molecule has 1 saturated carbocycles. The number of benzene rings is 1. The lowest BCUT2D eigenvalue weighted by Gasteiger charge is -2.31. The van der Waals surface area contributed by atoms with Crippen LogP contribution in [0.5, 0.6) is 0 Å². The Morgan fingerprint density at radius 2 is 1.96 bits per heavy atom. The molecular formula is C16H21NO5S. The molecule has 2 atom stereocenters. The number of carbonyl (C=O) groups is 1. The zero-order valence-electron chi connectivity index (χ0n) is 13.2. The molecule has 0 spiro atoms. The molecule has 7 heteroatoms. The Hall–Kier alpha value is -1.44. The minimum absolute atomic E-state index is 0.0633. The molecule has 2 unspecified atom stereocenters. The van der Waals surface area contributed by atoms with Crippen molar-refractivity contribution in [2.45, 2.75) is 42.7 Å². The second kappa shape index (κ2) is 5.89. The molecule has 1 aromatic rings. The van der Waals surface area contributed by atoms with Crippen LogP contribution >= 0.6 is 0 Å². The molecule has 0 amide bonds. The van der Waals surface area contributed by atoms with Crippen molar-refractivity contribution in [3.63, 3.8) is 0 Å². The van der Waals surface area contributed by atoms with Crippen LogP contribution < -0.4 is 4.72 Å². The Balaban J connectivity index is 1.79. The first kappa shape index (κ1) is 16.4. The summed E-state index contributed by atoms with van der Waals surface area (Å²) in [4.78, 5) is 11.6. The van der Waals surface area contributed by atoms with Gasteiger partial charge >= 0.3 is 5.97 Å². The number of ether oxygens (including phenoxy) is 2. The van der Waals surface area contributed by atoms with Crippen LogP contribution in [-0.2, 0) is 19.5 Å². The number of esters is 1. The molecule has 2 aliphatic rings.